The van der Waals surface area contributed by atoms with Crippen molar-refractivity contribution < 1.29 is 9.90 Å². The Hall–Kier alpha value is -1.15. The molecular weight excluding hydrogens is 152 g/mol. The van der Waals surface area contributed by atoms with Crippen LogP contribution in [0.15, 0.2) is 30.3 Å². The molecule has 0 saturated heterocycles. The molecule has 0 saturated carbocycles. The van der Waals surface area contributed by atoms with Crippen LogP contribution in [0.5, 0.6) is 0 Å². The summed E-state index contributed by atoms with van der Waals surface area (Å²) >= 11 is 0. The van der Waals surface area contributed by atoms with Gasteiger partial charge in [-0.25, -0.2) is 0 Å². The number of aliphatic hydroxyl groups is 1. The Kier molecular flexibility index (Phi) is 3.00. The molecule has 0 radical (unpaired) electrons. The van der Waals surface area contributed by atoms with E-state index in [1.54, 1.807) is 19.1 Å². The van der Waals surface area contributed by atoms with Gasteiger partial charge in [0, 0.05) is 11.5 Å². The van der Waals surface area contributed by atoms with Gasteiger partial charge in [0.1, 0.15) is 0 Å². The molecule has 1 aromatic carbocycles. The molecule has 1 rings (SSSR count). The van der Waals surface area contributed by atoms with Crippen LogP contribution in [-0.2, 0) is 0 Å². The van der Waals surface area contributed by atoms with E-state index >= 15 is 0 Å². The van der Waals surface area contributed by atoms with Crippen LogP contribution in [0, 0.1) is 5.92 Å². The fourth-order valence-corrected chi connectivity index (χ4v) is 0.970. The van der Waals surface area contributed by atoms with E-state index in [-0.39, 0.29) is 18.3 Å². The molecule has 0 aliphatic heterocycles. The number of carbonyl (C=O) groups is 1. The lowest BCUT2D eigenvalue weighted by Crippen LogP contribution is -2.14. The van der Waals surface area contributed by atoms with E-state index in [1.807, 2.05) is 18.2 Å². The van der Waals surface area contributed by atoms with Crippen molar-refractivity contribution in [1.29, 1.82) is 0 Å². The molecule has 2 heteroatoms. The van der Waals surface area contributed by atoms with Gasteiger partial charge in [-0.05, 0) is 0 Å². The minimum Gasteiger partial charge on any atom is -0.396 e. The molecule has 0 aromatic heterocycles. The Bertz CT molecular complexity index is 254. The van der Waals surface area contributed by atoms with Crippen LogP contribution >= 0.6 is 0 Å². The van der Waals surface area contributed by atoms with Crippen LogP contribution in [0.4, 0.5) is 0 Å². The van der Waals surface area contributed by atoms with Gasteiger partial charge in [0.05, 0.1) is 6.61 Å². The standard InChI is InChI=1S/C10H12O2/c1-8(7-11)10(12)9-5-3-2-4-6-9/h2-6,8,11H,7H2,1H3/t8-/m1/s1. The number of carbonyl (C=O) groups excluding carboxylic acids is 1. The molecule has 0 aliphatic rings. The number of hydrogen-bond acceptors (Lipinski definition) is 2. The maximum absolute atomic E-state index is 11.4. The average molecular weight is 164 g/mol. The third kappa shape index (κ3) is 1.92. The lowest BCUT2D eigenvalue weighted by Gasteiger charge is -2.05. The van der Waals surface area contributed by atoms with E-state index in [1.165, 1.54) is 0 Å². The van der Waals surface area contributed by atoms with Crippen molar-refractivity contribution >= 4 is 5.78 Å². The van der Waals surface area contributed by atoms with Gasteiger partial charge < -0.3 is 5.11 Å². The van der Waals surface area contributed by atoms with Gasteiger partial charge in [0.25, 0.3) is 0 Å². The highest BCUT2D eigenvalue weighted by atomic mass is 16.3. The molecule has 0 aliphatic carbocycles. The number of rotatable bonds is 3. The molecule has 0 spiro atoms. The molecule has 0 unspecified atom stereocenters. The Balaban J connectivity index is 2.79. The van der Waals surface area contributed by atoms with Crippen molar-refractivity contribution in [2.24, 2.45) is 5.92 Å². The highest BCUT2D eigenvalue weighted by Crippen LogP contribution is 2.07. The third-order valence-corrected chi connectivity index (χ3v) is 1.78. The molecule has 2 nitrogen and oxygen atoms in total. The van der Waals surface area contributed by atoms with Crippen LogP contribution in [0.2, 0.25) is 0 Å². The van der Waals surface area contributed by atoms with Gasteiger partial charge in [-0.3, -0.25) is 4.79 Å². The van der Waals surface area contributed by atoms with Crippen LogP contribution < -0.4 is 0 Å². The largest absolute Gasteiger partial charge is 0.396 e. The second kappa shape index (κ2) is 4.02. The highest BCUT2D eigenvalue weighted by Gasteiger charge is 2.12. The van der Waals surface area contributed by atoms with Gasteiger partial charge in [-0.1, -0.05) is 37.3 Å². The predicted molar refractivity (Wildman–Crippen MR) is 47.0 cm³/mol. The fourth-order valence-electron chi connectivity index (χ4n) is 0.970. The minimum atomic E-state index is -0.299. The quantitative estimate of drug-likeness (QED) is 0.687. The first-order chi connectivity index (χ1) is 5.75. The molecule has 64 valence electrons. The molecule has 0 heterocycles. The van der Waals surface area contributed by atoms with Crippen LogP contribution in [0.25, 0.3) is 0 Å². The van der Waals surface area contributed by atoms with Gasteiger partial charge in [-0.15, -0.1) is 0 Å². The second-order valence-corrected chi connectivity index (χ2v) is 2.81. The Labute approximate surface area is 71.8 Å². The van der Waals surface area contributed by atoms with Gasteiger partial charge in [-0.2, -0.15) is 0 Å². The van der Waals surface area contributed by atoms with E-state index in [2.05, 4.69) is 0 Å². The molecule has 12 heavy (non-hydrogen) atoms. The summed E-state index contributed by atoms with van der Waals surface area (Å²) < 4.78 is 0. The maximum atomic E-state index is 11.4. The van der Waals surface area contributed by atoms with E-state index in [4.69, 9.17) is 5.11 Å². The van der Waals surface area contributed by atoms with Crippen LogP contribution in [-0.4, -0.2) is 17.5 Å². The summed E-state index contributed by atoms with van der Waals surface area (Å²) in [6.45, 7) is 1.63. The lowest BCUT2D eigenvalue weighted by molar-refractivity contribution is 0.0877. The number of hydrogen-bond donors (Lipinski definition) is 1. The summed E-state index contributed by atoms with van der Waals surface area (Å²) in [5, 5.41) is 8.75. The molecule has 1 aromatic rings. The zero-order valence-electron chi connectivity index (χ0n) is 7.03. The van der Waals surface area contributed by atoms with Gasteiger partial charge >= 0.3 is 0 Å². The van der Waals surface area contributed by atoms with Gasteiger partial charge in [0.15, 0.2) is 5.78 Å². The minimum absolute atomic E-state index is 0.00176. The zero-order chi connectivity index (χ0) is 8.97. The normalized spacial score (nSPS) is 12.5. The van der Waals surface area contributed by atoms with E-state index in [0.29, 0.717) is 5.56 Å². The Morgan fingerprint density at radius 3 is 2.50 bits per heavy atom. The summed E-state index contributed by atoms with van der Waals surface area (Å²) in [6.07, 6.45) is 0. The molecular formula is C10H12O2. The lowest BCUT2D eigenvalue weighted by atomic mass is 10.0. The number of aliphatic hydroxyl groups excluding tert-OH is 1. The fraction of sp³-hybridized carbons (Fsp3) is 0.300. The molecule has 1 N–H and O–H groups in total. The monoisotopic (exact) mass is 164 g/mol. The average Bonchev–Trinajstić information content (AvgIpc) is 2.17. The van der Waals surface area contributed by atoms with Crippen molar-refractivity contribution in [3.63, 3.8) is 0 Å². The summed E-state index contributed by atoms with van der Waals surface area (Å²) in [7, 11) is 0. The van der Waals surface area contributed by atoms with E-state index in [0.717, 1.165) is 0 Å². The zero-order valence-corrected chi connectivity index (χ0v) is 7.03. The number of ketones is 1. The smallest absolute Gasteiger partial charge is 0.167 e. The van der Waals surface area contributed by atoms with E-state index < -0.39 is 0 Å². The predicted octanol–water partition coefficient (Wildman–Crippen LogP) is 1.50. The first kappa shape index (κ1) is 8.94. The Morgan fingerprint density at radius 1 is 1.42 bits per heavy atom. The second-order valence-electron chi connectivity index (χ2n) is 2.81. The van der Waals surface area contributed by atoms with Crippen LogP contribution in [0.1, 0.15) is 17.3 Å². The SMILES string of the molecule is C[C@H](CO)C(=O)c1ccccc1. The molecule has 1 atom stereocenters. The molecule has 0 amide bonds. The summed E-state index contributed by atoms with van der Waals surface area (Å²) in [5.74, 6) is -0.300. The molecule has 0 fully saturated rings. The van der Waals surface area contributed by atoms with Gasteiger partial charge in [0.2, 0.25) is 0 Å². The summed E-state index contributed by atoms with van der Waals surface area (Å²) in [4.78, 5) is 11.4. The van der Waals surface area contributed by atoms with Crippen molar-refractivity contribution in [2.75, 3.05) is 6.61 Å². The first-order valence-corrected chi connectivity index (χ1v) is 3.96. The molecule has 0 bridgehead atoms. The summed E-state index contributed by atoms with van der Waals surface area (Å²) in [5.41, 5.74) is 0.666. The highest BCUT2D eigenvalue weighted by molar-refractivity contribution is 5.97. The number of Topliss-reactive ketones (excluding diaryl/α,β-unsaturated/α-hetero) is 1. The maximum Gasteiger partial charge on any atom is 0.167 e. The topological polar surface area (TPSA) is 37.3 Å². The number of benzene rings is 1. The third-order valence-electron chi connectivity index (χ3n) is 1.78. The Morgan fingerprint density at radius 2 is 2.00 bits per heavy atom. The van der Waals surface area contributed by atoms with Crippen molar-refractivity contribution in [1.82, 2.24) is 0 Å². The van der Waals surface area contributed by atoms with Crippen molar-refractivity contribution in [2.45, 2.75) is 6.92 Å². The summed E-state index contributed by atoms with van der Waals surface area (Å²) in [6, 6.07) is 9.01. The van der Waals surface area contributed by atoms with Crippen LogP contribution in [0.3, 0.4) is 0 Å². The van der Waals surface area contributed by atoms with E-state index in [9.17, 15) is 4.79 Å². The van der Waals surface area contributed by atoms with Crippen molar-refractivity contribution in [3.8, 4) is 0 Å². The van der Waals surface area contributed by atoms with Crippen molar-refractivity contribution in [3.05, 3.63) is 35.9 Å². The first-order valence-electron chi connectivity index (χ1n) is 3.96.